The number of aliphatic hydroxyl groups is 1. The van der Waals surface area contributed by atoms with Gasteiger partial charge < -0.3 is 29.5 Å². The lowest BCUT2D eigenvalue weighted by Gasteiger charge is -2.38. The summed E-state index contributed by atoms with van der Waals surface area (Å²) >= 11 is 0. The van der Waals surface area contributed by atoms with E-state index in [1.807, 2.05) is 25.2 Å². The third kappa shape index (κ3) is 7.83. The number of carbonyl (C=O) groups excluding carboxylic acids is 2. The second-order valence-electron chi connectivity index (χ2n) is 11.0. The van der Waals surface area contributed by atoms with Gasteiger partial charge >= 0.3 is 0 Å². The minimum atomic E-state index is -0.841. The molecule has 5 atom stereocenters. The summed E-state index contributed by atoms with van der Waals surface area (Å²) in [5, 5.41) is 14.7. The Morgan fingerprint density at radius 3 is 2.67 bits per heavy atom. The third-order valence-electron chi connectivity index (χ3n) is 8.24. The summed E-state index contributed by atoms with van der Waals surface area (Å²) in [6.45, 7) is 9.39. The number of methoxy groups -OCH3 is 1. The Balaban J connectivity index is 1.29. The Morgan fingerprint density at radius 1 is 1.18 bits per heavy atom. The first-order valence-corrected chi connectivity index (χ1v) is 14.5. The molecule has 2 fully saturated rings. The van der Waals surface area contributed by atoms with Crippen molar-refractivity contribution in [2.24, 2.45) is 11.8 Å². The molecule has 2 N–H and O–H groups in total. The number of aliphatic hydroxyl groups excluding tert-OH is 1. The van der Waals surface area contributed by atoms with Crippen LogP contribution in [0.3, 0.4) is 0 Å². The van der Waals surface area contributed by atoms with Crippen molar-refractivity contribution in [3.05, 3.63) is 66.0 Å². The molecule has 1 aromatic carbocycles. The van der Waals surface area contributed by atoms with Crippen LogP contribution in [0.15, 0.2) is 60.4 Å². The van der Waals surface area contributed by atoms with Gasteiger partial charge in [-0.05, 0) is 67.6 Å². The number of nitrogens with one attached hydrogen (secondary N) is 1. The largest absolute Gasteiger partial charge is 0.497 e. The molecule has 1 aromatic rings. The maximum atomic E-state index is 13.0. The fourth-order valence-electron chi connectivity index (χ4n) is 5.81. The van der Waals surface area contributed by atoms with E-state index in [2.05, 4.69) is 16.8 Å². The van der Waals surface area contributed by atoms with Crippen molar-refractivity contribution in [3.8, 4) is 5.75 Å². The Labute approximate surface area is 238 Å². The smallest absolute Gasteiger partial charge is 0.220 e. The number of ketones is 1. The predicted molar refractivity (Wildman–Crippen MR) is 154 cm³/mol. The van der Waals surface area contributed by atoms with Gasteiger partial charge in [-0.3, -0.25) is 9.59 Å². The summed E-state index contributed by atoms with van der Waals surface area (Å²) in [5.41, 5.74) is 1.52. The van der Waals surface area contributed by atoms with E-state index in [1.54, 1.807) is 31.4 Å². The fourth-order valence-corrected chi connectivity index (χ4v) is 5.81. The van der Waals surface area contributed by atoms with Crippen molar-refractivity contribution in [2.75, 3.05) is 40.0 Å². The number of allylic oxidation sites excluding steroid dienone is 2. The van der Waals surface area contributed by atoms with Crippen LogP contribution in [0.25, 0.3) is 0 Å². The Kier molecular flexibility index (Phi) is 11.0. The van der Waals surface area contributed by atoms with Crippen LogP contribution in [-0.4, -0.2) is 79.9 Å². The second kappa shape index (κ2) is 14.6. The van der Waals surface area contributed by atoms with Crippen LogP contribution >= 0.6 is 0 Å². The van der Waals surface area contributed by atoms with Gasteiger partial charge in [0.05, 0.1) is 25.9 Å². The van der Waals surface area contributed by atoms with Gasteiger partial charge in [-0.25, -0.2) is 0 Å². The van der Waals surface area contributed by atoms with Crippen LogP contribution in [0, 0.1) is 11.8 Å². The number of amides is 1. The molecule has 0 aromatic heterocycles. The van der Waals surface area contributed by atoms with E-state index in [1.165, 1.54) is 0 Å². The zero-order valence-corrected chi connectivity index (χ0v) is 23.8. The minimum Gasteiger partial charge on any atom is -0.497 e. The summed E-state index contributed by atoms with van der Waals surface area (Å²) in [6, 6.07) is 6.70. The summed E-state index contributed by atoms with van der Waals surface area (Å²) in [5.74, 6) is 1.91. The first kappa shape index (κ1) is 30.0. The lowest BCUT2D eigenvalue weighted by Crippen LogP contribution is -2.52. The van der Waals surface area contributed by atoms with Crippen molar-refractivity contribution in [2.45, 2.75) is 63.7 Å². The first-order chi connectivity index (χ1) is 19.4. The van der Waals surface area contributed by atoms with Crippen LogP contribution in [-0.2, 0) is 14.3 Å². The Morgan fingerprint density at radius 2 is 1.95 bits per heavy atom. The lowest BCUT2D eigenvalue weighted by molar-refractivity contribution is -0.122. The Hall–Kier alpha value is -2.94. The quantitative estimate of drug-likeness (QED) is 0.204. The molecule has 2 heterocycles. The molecule has 4 rings (SSSR count). The Bertz CT molecular complexity index is 1080. The maximum Gasteiger partial charge on any atom is 0.220 e. The molecular weight excluding hydrogens is 508 g/mol. The molecule has 1 aliphatic carbocycles. The van der Waals surface area contributed by atoms with Gasteiger partial charge in [0.1, 0.15) is 24.2 Å². The number of ether oxygens (including phenoxy) is 3. The molecule has 0 radical (unpaired) electrons. The van der Waals surface area contributed by atoms with Crippen LogP contribution in [0.2, 0.25) is 0 Å². The number of rotatable bonds is 14. The summed E-state index contributed by atoms with van der Waals surface area (Å²) in [6.07, 6.45) is 8.78. The van der Waals surface area contributed by atoms with Crippen molar-refractivity contribution in [1.29, 1.82) is 0 Å². The predicted octanol–water partition coefficient (Wildman–Crippen LogP) is 4.06. The molecule has 218 valence electrons. The van der Waals surface area contributed by atoms with E-state index in [4.69, 9.17) is 14.2 Å². The van der Waals surface area contributed by atoms with Crippen LogP contribution in [0.1, 0.15) is 55.8 Å². The molecule has 2 aliphatic heterocycles. The van der Waals surface area contributed by atoms with Gasteiger partial charge in [0, 0.05) is 37.4 Å². The molecule has 8 heteroatoms. The first-order valence-electron chi connectivity index (χ1n) is 14.5. The molecule has 1 amide bonds. The molecule has 2 saturated heterocycles. The number of nitrogens with zero attached hydrogens (tertiary/aromatic N) is 1. The summed E-state index contributed by atoms with van der Waals surface area (Å²) < 4.78 is 16.8. The van der Waals surface area contributed by atoms with E-state index in [-0.39, 0.29) is 23.7 Å². The highest BCUT2D eigenvalue weighted by atomic mass is 16.6. The van der Waals surface area contributed by atoms with Crippen LogP contribution in [0.4, 0.5) is 0 Å². The highest BCUT2D eigenvalue weighted by Gasteiger charge is 2.38. The van der Waals surface area contributed by atoms with Gasteiger partial charge in [0.15, 0.2) is 5.78 Å². The average molecular weight is 553 g/mol. The molecule has 8 nitrogen and oxygen atoms in total. The zero-order chi connectivity index (χ0) is 28.5. The lowest BCUT2D eigenvalue weighted by atomic mass is 9.83. The SMILES string of the molecule is C=CC1CCN(C[C@@H](NC(=O)CCCCCC(=O)c2ccc(OC)cc2)[C@@H](O)C2=CC=C3OCCOC3[C@@H]2C)C1. The minimum absolute atomic E-state index is 0.0579. The summed E-state index contributed by atoms with van der Waals surface area (Å²) in [7, 11) is 1.60. The van der Waals surface area contributed by atoms with E-state index < -0.39 is 12.1 Å². The number of carbonyl (C=O) groups is 2. The average Bonchev–Trinajstić information content (AvgIpc) is 3.44. The summed E-state index contributed by atoms with van der Waals surface area (Å²) in [4.78, 5) is 27.8. The highest BCUT2D eigenvalue weighted by Crippen LogP contribution is 2.33. The molecule has 40 heavy (non-hydrogen) atoms. The normalized spacial score (nSPS) is 24.1. The number of Topliss-reactive ketones (excluding diaryl/α,β-unsaturated/α-hetero) is 1. The molecule has 0 spiro atoms. The topological polar surface area (TPSA) is 97.3 Å². The molecule has 0 saturated carbocycles. The van der Waals surface area contributed by atoms with Crippen molar-refractivity contribution in [3.63, 3.8) is 0 Å². The van der Waals surface area contributed by atoms with Gasteiger partial charge in [-0.2, -0.15) is 0 Å². The number of hydrogen-bond acceptors (Lipinski definition) is 7. The molecular formula is C32H44N2O6. The van der Waals surface area contributed by atoms with E-state index in [9.17, 15) is 14.7 Å². The van der Waals surface area contributed by atoms with Crippen molar-refractivity contribution >= 4 is 11.7 Å². The van der Waals surface area contributed by atoms with Gasteiger partial charge in [0.2, 0.25) is 5.91 Å². The highest BCUT2D eigenvalue weighted by molar-refractivity contribution is 5.96. The molecule has 0 bridgehead atoms. The number of unbranched alkanes of at least 4 members (excludes halogenated alkanes) is 2. The monoisotopic (exact) mass is 552 g/mol. The number of likely N-dealkylation sites (tertiary alicyclic amines) is 1. The molecule has 3 aliphatic rings. The number of fused-ring (bicyclic) bond motifs is 1. The number of hydrogen-bond donors (Lipinski definition) is 2. The van der Waals surface area contributed by atoms with E-state index in [0.717, 1.165) is 49.4 Å². The van der Waals surface area contributed by atoms with Gasteiger partial charge in [-0.1, -0.05) is 25.5 Å². The second-order valence-corrected chi connectivity index (χ2v) is 11.0. The van der Waals surface area contributed by atoms with Crippen LogP contribution < -0.4 is 10.1 Å². The standard InChI is InChI=1S/C32H44N2O6/c1-4-23-16-17-34(20-23)21-27(31(37)26-14-15-29-32(22(26)2)40-19-18-39-29)33-30(36)9-7-5-6-8-28(35)24-10-12-25(38-3)13-11-24/h4,10-15,22-23,27,31-32,37H,1,5-9,16-21H2,2-3H3,(H,33,36)/t22-,23?,27-,31+,32?/m1/s1. The zero-order valence-electron chi connectivity index (χ0n) is 23.8. The third-order valence-corrected chi connectivity index (χ3v) is 8.24. The van der Waals surface area contributed by atoms with Crippen molar-refractivity contribution in [1.82, 2.24) is 10.2 Å². The van der Waals surface area contributed by atoms with E-state index >= 15 is 0 Å². The van der Waals surface area contributed by atoms with Crippen molar-refractivity contribution < 1.29 is 28.9 Å². The van der Waals surface area contributed by atoms with Crippen LogP contribution in [0.5, 0.6) is 5.75 Å². The molecule has 2 unspecified atom stereocenters. The maximum absolute atomic E-state index is 13.0. The number of benzene rings is 1. The van der Waals surface area contributed by atoms with E-state index in [0.29, 0.717) is 50.5 Å². The fraction of sp³-hybridized carbons (Fsp3) is 0.562. The van der Waals surface area contributed by atoms with Gasteiger partial charge in [-0.15, -0.1) is 6.58 Å². The van der Waals surface area contributed by atoms with Gasteiger partial charge in [0.25, 0.3) is 0 Å².